The number of rotatable bonds is 7. The summed E-state index contributed by atoms with van der Waals surface area (Å²) in [7, 11) is 0. The number of nitro groups is 1. The van der Waals surface area contributed by atoms with Crippen molar-refractivity contribution in [1.29, 1.82) is 0 Å². The van der Waals surface area contributed by atoms with Crippen molar-refractivity contribution in [2.75, 3.05) is 29.9 Å². The molecular formula is C18H22ClN5O5. The fourth-order valence-electron chi connectivity index (χ4n) is 2.80. The molecule has 3 N–H and O–H groups in total. The average molecular weight is 424 g/mol. The summed E-state index contributed by atoms with van der Waals surface area (Å²) in [5.74, 6) is -0.0432. The fourth-order valence-corrected chi connectivity index (χ4v) is 2.93. The molecule has 0 unspecified atom stereocenters. The van der Waals surface area contributed by atoms with Gasteiger partial charge in [-0.15, -0.1) is 0 Å². The maximum absolute atomic E-state index is 11.8. The highest BCUT2D eigenvalue weighted by molar-refractivity contribution is 6.30. The minimum atomic E-state index is -1.14. The number of ether oxygens (including phenoxy) is 1. The first-order chi connectivity index (χ1) is 13.4. The third kappa shape index (κ3) is 5.22. The van der Waals surface area contributed by atoms with Gasteiger partial charge in [-0.3, -0.25) is 10.1 Å². The zero-order valence-electron chi connectivity index (χ0n) is 16.2. The topological polar surface area (TPSA) is 134 Å². The Morgan fingerprint density at radius 2 is 1.97 bits per heavy atom. The number of hydrogen-bond acceptors (Lipinski definition) is 9. The van der Waals surface area contributed by atoms with E-state index in [-0.39, 0.29) is 43.0 Å². The second kappa shape index (κ2) is 7.62. The van der Waals surface area contributed by atoms with E-state index in [1.807, 2.05) is 0 Å². The lowest BCUT2D eigenvalue weighted by Gasteiger charge is -2.44. The first-order valence-corrected chi connectivity index (χ1v) is 9.23. The van der Waals surface area contributed by atoms with E-state index in [4.69, 9.17) is 16.3 Å². The van der Waals surface area contributed by atoms with Crippen LogP contribution in [0.4, 0.5) is 23.0 Å². The highest BCUT2D eigenvalue weighted by atomic mass is 35.5. The average Bonchev–Trinajstić information content (AvgIpc) is 2.58. The third-order valence-electron chi connectivity index (χ3n) is 4.05. The van der Waals surface area contributed by atoms with E-state index in [1.54, 1.807) is 49.9 Å². The van der Waals surface area contributed by atoms with Crippen molar-refractivity contribution in [2.45, 2.75) is 32.0 Å². The molecule has 1 saturated heterocycles. The van der Waals surface area contributed by atoms with E-state index in [0.717, 1.165) is 0 Å². The number of nitrogens with zero attached hydrogens (tertiary/aromatic N) is 4. The number of aromatic nitrogens is 2. The molecule has 11 heteroatoms. The van der Waals surface area contributed by atoms with E-state index in [2.05, 4.69) is 15.3 Å². The summed E-state index contributed by atoms with van der Waals surface area (Å²) in [5.41, 5.74) is -1.91. The van der Waals surface area contributed by atoms with Gasteiger partial charge in [0.1, 0.15) is 6.61 Å². The molecule has 0 amide bonds. The Morgan fingerprint density at radius 3 is 2.48 bits per heavy atom. The molecule has 3 rings (SSSR count). The molecule has 0 aliphatic carbocycles. The molecule has 1 aromatic heterocycles. The van der Waals surface area contributed by atoms with E-state index >= 15 is 0 Å². The van der Waals surface area contributed by atoms with Crippen LogP contribution in [-0.4, -0.2) is 56.0 Å². The summed E-state index contributed by atoms with van der Waals surface area (Å²) < 4.78 is 5.47. The highest BCUT2D eigenvalue weighted by Gasteiger charge is 2.42. The Kier molecular flexibility index (Phi) is 5.52. The van der Waals surface area contributed by atoms with Gasteiger partial charge in [0, 0.05) is 23.8 Å². The Morgan fingerprint density at radius 1 is 1.34 bits per heavy atom. The SMILES string of the molecule is CC(C)(O)COc1nc(Nc2ccc(Cl)cc2)c([N+](=O)[O-])c(N2CC(C)(O)C2)n1. The van der Waals surface area contributed by atoms with Gasteiger partial charge < -0.3 is 25.2 Å². The Balaban J connectivity index is 2.02. The molecule has 1 aliphatic rings. The van der Waals surface area contributed by atoms with Gasteiger partial charge in [-0.25, -0.2) is 0 Å². The molecule has 1 aliphatic heterocycles. The van der Waals surface area contributed by atoms with Crippen molar-refractivity contribution in [3.63, 3.8) is 0 Å². The van der Waals surface area contributed by atoms with Crippen molar-refractivity contribution in [3.8, 4) is 6.01 Å². The lowest BCUT2D eigenvalue weighted by molar-refractivity contribution is -0.383. The standard InChI is InChI=1S/C18H22ClN5O5/c1-17(2,25)10-29-16-21-14(20-12-6-4-11(19)5-7-12)13(24(27)28)15(22-16)23-8-18(3,26)9-23/h4-7,25-26H,8-10H2,1-3H3,(H,20,21,22). The maximum atomic E-state index is 11.8. The summed E-state index contributed by atoms with van der Waals surface area (Å²) in [4.78, 5) is 21.1. The van der Waals surface area contributed by atoms with Crippen LogP contribution in [-0.2, 0) is 0 Å². The summed E-state index contributed by atoms with van der Waals surface area (Å²) in [6, 6.07) is 6.45. The van der Waals surface area contributed by atoms with E-state index < -0.39 is 16.1 Å². The summed E-state index contributed by atoms with van der Waals surface area (Å²) in [6.45, 7) is 4.99. The van der Waals surface area contributed by atoms with Crippen molar-refractivity contribution in [2.24, 2.45) is 0 Å². The van der Waals surface area contributed by atoms with Crippen LogP contribution >= 0.6 is 11.6 Å². The summed E-state index contributed by atoms with van der Waals surface area (Å²) >= 11 is 5.89. The predicted molar refractivity (Wildman–Crippen MR) is 108 cm³/mol. The molecule has 0 radical (unpaired) electrons. The number of nitrogens with one attached hydrogen (secondary N) is 1. The van der Waals surface area contributed by atoms with Crippen LogP contribution in [0.2, 0.25) is 5.02 Å². The van der Waals surface area contributed by atoms with Gasteiger partial charge in [-0.1, -0.05) is 11.6 Å². The number of benzene rings is 1. The first kappa shape index (κ1) is 21.0. The van der Waals surface area contributed by atoms with E-state index in [0.29, 0.717) is 10.7 Å². The Labute approximate surface area is 172 Å². The summed E-state index contributed by atoms with van der Waals surface area (Å²) in [6.07, 6.45) is 0. The normalized spacial score (nSPS) is 15.6. The van der Waals surface area contributed by atoms with Crippen LogP contribution < -0.4 is 15.0 Å². The highest BCUT2D eigenvalue weighted by Crippen LogP contribution is 2.39. The summed E-state index contributed by atoms with van der Waals surface area (Å²) in [5, 5.41) is 35.2. The molecule has 2 aromatic rings. The fraction of sp³-hybridized carbons (Fsp3) is 0.444. The van der Waals surface area contributed by atoms with Crippen molar-refractivity contribution in [3.05, 3.63) is 39.4 Å². The molecule has 1 aromatic carbocycles. The van der Waals surface area contributed by atoms with Crippen LogP contribution in [0, 0.1) is 10.1 Å². The minimum Gasteiger partial charge on any atom is -0.460 e. The van der Waals surface area contributed by atoms with Crippen LogP contribution in [0.5, 0.6) is 6.01 Å². The monoisotopic (exact) mass is 423 g/mol. The quantitative estimate of drug-likeness (QED) is 0.453. The van der Waals surface area contributed by atoms with Crippen molar-refractivity contribution in [1.82, 2.24) is 9.97 Å². The molecule has 0 saturated carbocycles. The van der Waals surface area contributed by atoms with Gasteiger partial charge in [0.05, 0.1) is 16.1 Å². The molecule has 1 fully saturated rings. The first-order valence-electron chi connectivity index (χ1n) is 8.85. The van der Waals surface area contributed by atoms with Gasteiger partial charge in [-0.2, -0.15) is 9.97 Å². The van der Waals surface area contributed by atoms with Crippen molar-refractivity contribution >= 4 is 34.6 Å². The predicted octanol–water partition coefficient (Wildman–Crippen LogP) is 2.50. The van der Waals surface area contributed by atoms with E-state index in [1.165, 1.54) is 0 Å². The van der Waals surface area contributed by atoms with Gasteiger partial charge in [0.25, 0.3) is 0 Å². The minimum absolute atomic E-state index is 0.0266. The van der Waals surface area contributed by atoms with Gasteiger partial charge >= 0.3 is 11.7 Å². The van der Waals surface area contributed by atoms with Crippen molar-refractivity contribution < 1.29 is 19.9 Å². The van der Waals surface area contributed by atoms with Crippen LogP contribution in [0.25, 0.3) is 0 Å². The smallest absolute Gasteiger partial charge is 0.354 e. The second-order valence-corrected chi connectivity index (χ2v) is 8.31. The molecule has 156 valence electrons. The molecular weight excluding hydrogens is 402 g/mol. The molecule has 0 bridgehead atoms. The van der Waals surface area contributed by atoms with Crippen LogP contribution in [0.1, 0.15) is 20.8 Å². The molecule has 0 spiro atoms. The number of β-amino-alcohol motifs (C(OH)–C–C–N with tert-alkyl or cyclic N) is 1. The zero-order valence-corrected chi connectivity index (χ0v) is 17.0. The molecule has 0 atom stereocenters. The number of halogens is 1. The largest absolute Gasteiger partial charge is 0.460 e. The lowest BCUT2D eigenvalue weighted by atomic mass is 9.97. The molecule has 2 heterocycles. The second-order valence-electron chi connectivity index (χ2n) is 7.87. The Bertz CT molecular complexity index is 906. The van der Waals surface area contributed by atoms with Gasteiger partial charge in [0.15, 0.2) is 0 Å². The third-order valence-corrected chi connectivity index (χ3v) is 4.30. The molecule has 29 heavy (non-hydrogen) atoms. The van der Waals surface area contributed by atoms with Crippen LogP contribution in [0.15, 0.2) is 24.3 Å². The lowest BCUT2D eigenvalue weighted by Crippen LogP contribution is -2.60. The van der Waals surface area contributed by atoms with E-state index in [9.17, 15) is 20.3 Å². The molecule has 10 nitrogen and oxygen atoms in total. The zero-order chi connectivity index (χ0) is 21.4. The number of aliphatic hydroxyl groups is 2. The number of hydrogen-bond donors (Lipinski definition) is 3. The number of anilines is 3. The Hall–Kier alpha value is -2.69. The van der Waals surface area contributed by atoms with Gasteiger partial charge in [0.2, 0.25) is 11.6 Å². The maximum Gasteiger partial charge on any atom is 0.354 e. The van der Waals surface area contributed by atoms with Gasteiger partial charge in [-0.05, 0) is 45.0 Å². The van der Waals surface area contributed by atoms with Crippen LogP contribution in [0.3, 0.4) is 0 Å².